The van der Waals surface area contributed by atoms with Crippen LogP contribution in [0, 0.1) is 46.3 Å². The fourth-order valence-electron chi connectivity index (χ4n) is 31.5. The highest BCUT2D eigenvalue weighted by molar-refractivity contribution is 8.49. The Morgan fingerprint density at radius 1 is 0.223 bits per heavy atom. The lowest BCUT2D eigenvalue weighted by molar-refractivity contribution is -0.0528. The molecule has 8 aliphatic carbocycles. The average molecular weight is 1250 g/mol. The van der Waals surface area contributed by atoms with Crippen LogP contribution in [-0.4, -0.2) is 21.8 Å². The fourth-order valence-corrected chi connectivity index (χ4v) is 54.8. The van der Waals surface area contributed by atoms with Gasteiger partial charge in [0, 0.05) is 31.4 Å². The molecule has 14 fully saturated rings. The number of hydrogen-bond donors (Lipinski definition) is 0. The molecule has 8 heterocycles. The molecule has 16 aliphatic rings. The first kappa shape index (κ1) is 53.9. The van der Waals surface area contributed by atoms with Gasteiger partial charge in [0.25, 0.3) is 11.7 Å². The van der Waals surface area contributed by atoms with Crippen LogP contribution in [-0.2, 0) is 20.4 Å². The molecule has 94 heavy (non-hydrogen) atoms. The maximum Gasteiger partial charge on any atom is 0.277 e. The Labute approximate surface area is 557 Å². The van der Waals surface area contributed by atoms with Crippen molar-refractivity contribution in [3.05, 3.63) is 348 Å². The maximum absolute atomic E-state index is 2.59. The van der Waals surface area contributed by atoms with Gasteiger partial charge in [0.1, 0.15) is 0 Å². The molecule has 10 aromatic rings. The van der Waals surface area contributed by atoms with Crippen molar-refractivity contribution >= 4 is 59.2 Å². The van der Waals surface area contributed by atoms with Gasteiger partial charge in [-0.3, -0.25) is 0 Å². The van der Waals surface area contributed by atoms with Crippen molar-refractivity contribution in [2.24, 2.45) is 46.3 Å². The van der Waals surface area contributed by atoms with Crippen molar-refractivity contribution in [2.75, 3.05) is 0 Å². The maximum atomic E-state index is 2.59. The van der Waals surface area contributed by atoms with E-state index in [1.54, 1.807) is 55.5 Å². The second-order valence-electron chi connectivity index (χ2n) is 33.2. The van der Waals surface area contributed by atoms with Gasteiger partial charge in [-0.05, 0) is 179 Å². The minimum absolute atomic E-state index is 0.0638. The summed E-state index contributed by atoms with van der Waals surface area (Å²) in [5.41, 5.74) is 23.7. The van der Waals surface area contributed by atoms with Crippen LogP contribution < -0.4 is 10.9 Å². The molecule has 10 aromatic carbocycles. The van der Waals surface area contributed by atoms with Crippen LogP contribution in [0.25, 0.3) is 22.3 Å². The molecule has 456 valence electrons. The van der Waals surface area contributed by atoms with E-state index >= 15 is 0 Å². The van der Waals surface area contributed by atoms with Crippen LogP contribution in [0.4, 0.5) is 0 Å². The van der Waals surface area contributed by atoms with Gasteiger partial charge >= 0.3 is 0 Å². The summed E-state index contributed by atoms with van der Waals surface area (Å²) in [6.07, 6.45) is 17.8. The zero-order valence-corrected chi connectivity index (χ0v) is 55.7. The lowest BCUT2D eigenvalue weighted by atomic mass is 9.19. The molecular weight excluding hydrogens is 1160 g/mol. The van der Waals surface area contributed by atoms with Gasteiger partial charge in [0.2, 0.25) is 0 Å². The molecule has 0 aromatic heterocycles. The van der Waals surface area contributed by atoms with E-state index in [0.717, 1.165) is 35.5 Å². The third-order valence-electron chi connectivity index (χ3n) is 30.9. The van der Waals surface area contributed by atoms with Crippen LogP contribution in [0.15, 0.2) is 303 Å². The Morgan fingerprint density at radius 3 is 0.691 bits per heavy atom. The molecule has 0 N–H and O–H groups in total. The lowest BCUT2D eigenvalue weighted by Crippen LogP contribution is -2.65. The highest BCUT2D eigenvalue weighted by Crippen LogP contribution is 3.47. The van der Waals surface area contributed by atoms with Crippen molar-refractivity contribution in [1.29, 1.82) is 0 Å². The molecule has 10 atom stereocenters. The molecule has 8 saturated carbocycles. The minimum Gasteiger partial charge on any atom is -0.160 e. The molecule has 2 spiro atoms. The second kappa shape index (κ2) is 17.6. The zero-order valence-electron chi connectivity index (χ0n) is 53.9. The number of fused-ring (bicyclic) bond motifs is 6. The normalized spacial score (nSPS) is 42.2. The summed E-state index contributed by atoms with van der Waals surface area (Å²) in [6.45, 7) is 0. The smallest absolute Gasteiger partial charge is 0.160 e. The number of hydrogen-bond acceptors (Lipinski definition) is 0. The van der Waals surface area contributed by atoms with Crippen LogP contribution >= 0.6 is 14.3 Å². The molecule has 0 nitrogen and oxygen atoms in total. The van der Waals surface area contributed by atoms with E-state index in [9.17, 15) is 0 Å². The lowest BCUT2D eigenvalue weighted by Gasteiger charge is -2.63. The quantitative estimate of drug-likeness (QED) is 0.0845. The molecular formula is C90H80B2P2. The second-order valence-corrected chi connectivity index (χ2v) is 41.8. The molecule has 8 aliphatic heterocycles. The van der Waals surface area contributed by atoms with Gasteiger partial charge in [-0.2, -0.15) is 25.2 Å². The SMILES string of the molecule is c1ccc(C2=C(c3ccccc3)[C@@]3(c4ccccc4)[C@@]4(c5ccccc5)[B@@-]5(c6ccccc6)[C@]2(C26CC7CC(CC(C7)C2)C6)[P+]534)cc1.c1ccc(C2=C(c3ccccc3)[C@]3(c4ccccc4)[C@]4(c5ccccc5)[B@-]5(c6ccccc6)[C@@]2(C26CC7CC(CC(C7)C2)C6)[P+]534)cc1. The molecule has 0 amide bonds. The van der Waals surface area contributed by atoms with Gasteiger partial charge in [-0.15, -0.1) is 0 Å². The van der Waals surface area contributed by atoms with Crippen LogP contribution in [0.3, 0.4) is 0 Å². The molecule has 6 saturated heterocycles. The first-order chi connectivity index (χ1) is 46.5. The van der Waals surface area contributed by atoms with E-state index in [2.05, 4.69) is 303 Å². The van der Waals surface area contributed by atoms with E-state index in [1.807, 2.05) is 0 Å². The number of benzene rings is 10. The van der Waals surface area contributed by atoms with Crippen molar-refractivity contribution in [3.8, 4) is 0 Å². The summed E-state index contributed by atoms with van der Waals surface area (Å²) in [5.74, 6) is 3.91. The summed E-state index contributed by atoms with van der Waals surface area (Å²) in [7, 11) is -3.34. The molecule has 8 bridgehead atoms. The number of rotatable bonds is 12. The number of allylic oxidation sites excluding steroid dienone is 4. The Balaban J connectivity index is 0.000000119. The Hall–Kier alpha value is -7.33. The highest BCUT2D eigenvalue weighted by Gasteiger charge is 3.37. The van der Waals surface area contributed by atoms with E-state index in [0.29, 0.717) is 10.8 Å². The predicted octanol–water partition coefficient (Wildman–Crippen LogP) is 20.7. The summed E-state index contributed by atoms with van der Waals surface area (Å²) in [4.78, 5) is 0. The van der Waals surface area contributed by atoms with Crippen molar-refractivity contribution in [3.63, 3.8) is 0 Å². The largest absolute Gasteiger partial charge is 0.277 e. The third-order valence-corrected chi connectivity index (χ3v) is 46.2. The van der Waals surface area contributed by atoms with Crippen LogP contribution in [0.5, 0.6) is 0 Å². The predicted molar refractivity (Wildman–Crippen MR) is 396 cm³/mol. The fraction of sp³-hybridized carbons (Fsp3) is 0.289. The van der Waals surface area contributed by atoms with Crippen molar-refractivity contribution in [1.82, 2.24) is 0 Å². The molecule has 2 unspecified atom stereocenters. The van der Waals surface area contributed by atoms with Gasteiger partial charge < -0.3 is 0 Å². The summed E-state index contributed by atoms with van der Waals surface area (Å²) < 4.78 is 0. The average Bonchev–Trinajstić information content (AvgIpc) is 1.28. The van der Waals surface area contributed by atoms with E-state index in [4.69, 9.17) is 0 Å². The monoisotopic (exact) mass is 1240 g/mol. The van der Waals surface area contributed by atoms with Crippen LogP contribution in [0.2, 0.25) is 0 Å². The van der Waals surface area contributed by atoms with Gasteiger partial charge in [0.15, 0.2) is 0 Å². The van der Waals surface area contributed by atoms with E-state index in [1.165, 1.54) is 99.3 Å². The molecule has 0 radical (unpaired) electrons. The standard InChI is InChI=1S/2C45H40BP/c2*1-6-16-35(17-7-1)40-41(36-18-8-2-9-19-36)45(42-29-32-26-33(30-42)28-34(27-32)31-42)46(39-24-14-5-15-25-39)44(38-22-12-4-13-23-38)43(40,47(44,45)46)37-20-10-3-11-21-37/h2*1-25,32-34H,26-31H2/t2*32?,33?,34?,42?,43-,44-,45-,46-,47?/m10/s1. The highest BCUT2D eigenvalue weighted by atomic mass is 31.2. The summed E-state index contributed by atoms with van der Waals surface area (Å²) >= 11 is 0. The van der Waals surface area contributed by atoms with Crippen molar-refractivity contribution < 1.29 is 0 Å². The third kappa shape index (κ3) is 5.05. The molecule has 26 rings (SSSR count). The molecule has 4 heteroatoms. The first-order valence-corrected chi connectivity index (χ1v) is 40.4. The summed E-state index contributed by atoms with van der Waals surface area (Å²) in [6, 6.07) is 120. The van der Waals surface area contributed by atoms with Gasteiger partial charge in [-0.25, -0.2) is 0 Å². The van der Waals surface area contributed by atoms with Crippen molar-refractivity contribution in [2.45, 2.75) is 108 Å². The van der Waals surface area contributed by atoms with E-state index < -0.39 is 26.0 Å². The van der Waals surface area contributed by atoms with Gasteiger partial charge in [0.05, 0.1) is 10.3 Å². The first-order valence-electron chi connectivity index (χ1n) is 36.7. The minimum atomic E-state index is -1.67. The Kier molecular flexibility index (Phi) is 10.1. The van der Waals surface area contributed by atoms with Gasteiger partial charge in [-0.1, -0.05) is 303 Å². The zero-order chi connectivity index (χ0) is 61.4. The Morgan fingerprint density at radius 2 is 0.436 bits per heavy atom. The topological polar surface area (TPSA) is 0 Å². The Bertz CT molecular complexity index is 4500. The summed E-state index contributed by atoms with van der Waals surface area (Å²) in [5, 5.41) is 1.11. The van der Waals surface area contributed by atoms with E-state index in [-0.39, 0.29) is 30.5 Å². The van der Waals surface area contributed by atoms with Crippen LogP contribution in [0.1, 0.15) is 122 Å².